The van der Waals surface area contributed by atoms with Crippen molar-refractivity contribution in [3.63, 3.8) is 0 Å². The van der Waals surface area contributed by atoms with Crippen molar-refractivity contribution in [2.75, 3.05) is 0 Å². The summed E-state index contributed by atoms with van der Waals surface area (Å²) in [5.41, 5.74) is 0.578. The van der Waals surface area contributed by atoms with Crippen LogP contribution in [-0.2, 0) is 0 Å². The molecular formula is C15H12Ac4O5. The second-order valence-corrected chi connectivity index (χ2v) is 4.15. The van der Waals surface area contributed by atoms with Gasteiger partial charge in [-0.1, -0.05) is 12.1 Å². The van der Waals surface area contributed by atoms with E-state index in [-0.39, 0.29) is 205 Å². The van der Waals surface area contributed by atoms with Gasteiger partial charge >= 0.3 is 0 Å². The predicted octanol–water partition coefficient (Wildman–Crippen LogP) is 2.41. The molecule has 4 radical (unpaired) electrons. The quantitative estimate of drug-likeness (QED) is 0.216. The number of aromatic hydroxyl groups is 4. The number of ketones is 1. The summed E-state index contributed by atoms with van der Waals surface area (Å²) in [4.78, 5) is 11.9. The fourth-order valence-electron chi connectivity index (χ4n) is 1.63. The first-order chi connectivity index (χ1) is 9.47. The molecule has 0 saturated heterocycles. The van der Waals surface area contributed by atoms with Gasteiger partial charge in [-0.3, -0.25) is 4.79 Å². The molecular weight excluding hydrogens is 1170 g/mol. The molecule has 0 bridgehead atoms. The molecule has 0 fully saturated rings. The average molecular weight is 1180 g/mol. The summed E-state index contributed by atoms with van der Waals surface area (Å²) in [5.74, 6) is -1.42. The van der Waals surface area contributed by atoms with E-state index in [1.54, 1.807) is 0 Å². The number of hydrogen-bond donors (Lipinski definition) is 4. The van der Waals surface area contributed by atoms with Crippen LogP contribution in [0.25, 0.3) is 6.08 Å². The Morgan fingerprint density at radius 1 is 0.750 bits per heavy atom. The van der Waals surface area contributed by atoms with Crippen molar-refractivity contribution in [2.24, 2.45) is 0 Å². The van der Waals surface area contributed by atoms with Crippen molar-refractivity contribution in [3.8, 4) is 23.0 Å². The second kappa shape index (κ2) is 15.7. The molecule has 4 N–H and O–H groups in total. The van der Waals surface area contributed by atoms with Gasteiger partial charge in [-0.25, -0.2) is 0 Å². The van der Waals surface area contributed by atoms with E-state index in [4.69, 9.17) is 10.2 Å². The molecule has 0 atom stereocenters. The van der Waals surface area contributed by atoms with E-state index in [1.807, 2.05) is 0 Å². The maximum absolute atomic E-state index is 11.9. The van der Waals surface area contributed by atoms with Gasteiger partial charge in [0, 0.05) is 182 Å². The molecule has 24 heavy (non-hydrogen) atoms. The van der Waals surface area contributed by atoms with Gasteiger partial charge in [0.25, 0.3) is 0 Å². The normalized spacial score (nSPS) is 9.00. The summed E-state index contributed by atoms with van der Waals surface area (Å²) >= 11 is 0. The van der Waals surface area contributed by atoms with E-state index in [9.17, 15) is 15.0 Å². The Hall–Kier alpha value is 2.82. The molecule has 0 aliphatic heterocycles. The van der Waals surface area contributed by atoms with E-state index in [0.717, 1.165) is 6.07 Å². The Kier molecular flexibility index (Phi) is 20.6. The minimum atomic E-state index is -0.449. The van der Waals surface area contributed by atoms with Crippen molar-refractivity contribution in [1.29, 1.82) is 0 Å². The van der Waals surface area contributed by atoms with Crippen molar-refractivity contribution >= 4 is 11.9 Å². The number of benzene rings is 2. The number of carbonyl (C=O) groups excluding carboxylic acids is 1. The SMILES string of the molecule is O=C(/C=C/c1ccc(O)c(O)c1)c1ccc(O)cc1O.[Ac].[Ac].[Ac].[Ac]. The molecule has 0 saturated carbocycles. The largest absolute Gasteiger partial charge is 0.508 e. The van der Waals surface area contributed by atoms with Gasteiger partial charge in [0.1, 0.15) is 11.5 Å². The predicted molar refractivity (Wildman–Crippen MR) is 72.9 cm³/mol. The molecule has 0 heterocycles. The second-order valence-electron chi connectivity index (χ2n) is 4.15. The molecule has 0 aliphatic carbocycles. The summed E-state index contributed by atoms with van der Waals surface area (Å²) in [7, 11) is 0. The maximum Gasteiger partial charge on any atom is 0.189 e. The molecule has 114 valence electrons. The zero-order valence-electron chi connectivity index (χ0n) is 12.6. The fraction of sp³-hybridized carbons (Fsp3) is 0. The third-order valence-corrected chi connectivity index (χ3v) is 2.67. The van der Waals surface area contributed by atoms with Crippen molar-refractivity contribution in [3.05, 3.63) is 53.6 Å². The zero-order valence-corrected chi connectivity index (χ0v) is 31.6. The Morgan fingerprint density at radius 3 is 1.92 bits per heavy atom. The number of phenolic OH excluding ortho intramolecular Hbond substituents is 4. The number of carbonyl (C=O) groups is 1. The van der Waals surface area contributed by atoms with E-state index >= 15 is 0 Å². The van der Waals surface area contributed by atoms with E-state index in [2.05, 4.69) is 0 Å². The smallest absolute Gasteiger partial charge is 0.189 e. The molecule has 2 aromatic rings. The average Bonchev–Trinajstić information content (AvgIpc) is 2.40. The maximum atomic E-state index is 11.9. The van der Waals surface area contributed by atoms with Gasteiger partial charge < -0.3 is 20.4 Å². The molecule has 0 aliphatic rings. The van der Waals surface area contributed by atoms with Crippen molar-refractivity contribution in [1.82, 2.24) is 0 Å². The van der Waals surface area contributed by atoms with Crippen LogP contribution < -0.4 is 0 Å². The number of hydrogen-bond acceptors (Lipinski definition) is 5. The molecule has 9 heteroatoms. The van der Waals surface area contributed by atoms with Crippen LogP contribution in [0.3, 0.4) is 0 Å². The van der Waals surface area contributed by atoms with E-state index in [0.29, 0.717) is 5.56 Å². The summed E-state index contributed by atoms with van der Waals surface area (Å²) in [5, 5.41) is 37.2. The molecule has 5 nitrogen and oxygen atoms in total. The van der Waals surface area contributed by atoms with Gasteiger partial charge in [0.2, 0.25) is 0 Å². The fourth-order valence-corrected chi connectivity index (χ4v) is 1.63. The monoisotopic (exact) mass is 1180 g/mol. The first-order valence-corrected chi connectivity index (χ1v) is 5.74. The molecule has 0 amide bonds. The summed E-state index contributed by atoms with van der Waals surface area (Å²) in [6.45, 7) is 0. The molecule has 2 rings (SSSR count). The molecule has 0 spiro atoms. The van der Waals surface area contributed by atoms with Crippen LogP contribution >= 0.6 is 0 Å². The summed E-state index contributed by atoms with van der Waals surface area (Å²) in [6, 6.07) is 7.81. The number of allylic oxidation sites excluding steroid dienone is 1. The molecule has 0 unspecified atom stereocenters. The van der Waals surface area contributed by atoms with Gasteiger partial charge in [-0.05, 0) is 35.9 Å². The Bertz CT molecular complexity index is 704. The van der Waals surface area contributed by atoms with Crippen molar-refractivity contribution in [2.45, 2.75) is 0 Å². The minimum Gasteiger partial charge on any atom is -0.508 e. The Morgan fingerprint density at radius 2 is 1.38 bits per heavy atom. The van der Waals surface area contributed by atoms with Crippen molar-refractivity contribution < 1.29 is 201 Å². The van der Waals surface area contributed by atoms with Crippen LogP contribution in [0.1, 0.15) is 15.9 Å². The number of rotatable bonds is 3. The Balaban J connectivity index is -0.00000110. The van der Waals surface area contributed by atoms with Crippen LogP contribution in [0.4, 0.5) is 0 Å². The molecule has 2 aromatic carbocycles. The van der Waals surface area contributed by atoms with Crippen LogP contribution in [-0.4, -0.2) is 26.2 Å². The first kappa shape index (κ1) is 31.5. The molecule has 0 aromatic heterocycles. The van der Waals surface area contributed by atoms with Crippen LogP contribution in [0, 0.1) is 176 Å². The topological polar surface area (TPSA) is 98.0 Å². The minimum absolute atomic E-state index is 0. The van der Waals surface area contributed by atoms with Gasteiger partial charge in [-0.15, -0.1) is 0 Å². The first-order valence-electron chi connectivity index (χ1n) is 5.74. The number of phenols is 4. The van der Waals surface area contributed by atoms with Crippen LogP contribution in [0.2, 0.25) is 0 Å². The van der Waals surface area contributed by atoms with Crippen LogP contribution in [0.15, 0.2) is 42.5 Å². The van der Waals surface area contributed by atoms with Gasteiger partial charge in [-0.2, -0.15) is 0 Å². The Labute approximate surface area is 282 Å². The third kappa shape index (κ3) is 9.84. The third-order valence-electron chi connectivity index (χ3n) is 2.67. The summed E-state index contributed by atoms with van der Waals surface area (Å²) < 4.78 is 0. The zero-order chi connectivity index (χ0) is 14.7. The van der Waals surface area contributed by atoms with Gasteiger partial charge in [0.05, 0.1) is 5.56 Å². The van der Waals surface area contributed by atoms with E-state index in [1.165, 1.54) is 42.5 Å². The standard InChI is InChI=1S/C15H12O5.4Ac/c16-10-3-4-11(14(19)8-10)12(17)5-1-9-2-6-13(18)15(20)7-9;;;;/h1-8,16,18-20H;;;;/b5-1+;;;;. The summed E-state index contributed by atoms with van der Waals surface area (Å²) in [6.07, 6.45) is 2.66. The van der Waals surface area contributed by atoms with E-state index < -0.39 is 5.78 Å². The van der Waals surface area contributed by atoms with Crippen LogP contribution in [0.5, 0.6) is 23.0 Å². The van der Waals surface area contributed by atoms with Gasteiger partial charge in [0.15, 0.2) is 17.3 Å².